The number of carbonyl (C=O) groups is 3. The van der Waals surface area contributed by atoms with Gasteiger partial charge in [-0.1, -0.05) is 55.7 Å². The number of nitrogens with one attached hydrogen (secondary N) is 2. The first-order valence-electron chi connectivity index (χ1n) is 11.4. The molecule has 1 aromatic heterocycles. The van der Waals surface area contributed by atoms with E-state index in [0.29, 0.717) is 11.4 Å². The van der Waals surface area contributed by atoms with Crippen LogP contribution in [0.25, 0.3) is 10.8 Å². The molecule has 2 heterocycles. The van der Waals surface area contributed by atoms with Gasteiger partial charge in [-0.2, -0.15) is 5.10 Å². The highest BCUT2D eigenvalue weighted by Gasteiger charge is 2.49. The summed E-state index contributed by atoms with van der Waals surface area (Å²) in [5.41, 5.74) is -0.552. The van der Waals surface area contributed by atoms with Crippen LogP contribution < -0.4 is 10.6 Å². The number of nitrogens with zero attached hydrogens (tertiary/aromatic N) is 3. The first-order chi connectivity index (χ1) is 16.0. The number of benzene rings is 2. The molecule has 2 N–H and O–H groups in total. The third-order valence-electron chi connectivity index (χ3n) is 6.76. The molecule has 2 aromatic carbocycles. The van der Waals surface area contributed by atoms with Gasteiger partial charge in [0.25, 0.3) is 5.91 Å². The van der Waals surface area contributed by atoms with Crippen LogP contribution in [0.4, 0.5) is 10.6 Å². The van der Waals surface area contributed by atoms with E-state index in [1.807, 2.05) is 47.1 Å². The van der Waals surface area contributed by atoms with Gasteiger partial charge in [-0.15, -0.1) is 0 Å². The fourth-order valence-electron chi connectivity index (χ4n) is 4.89. The molecule has 1 unspecified atom stereocenters. The second-order valence-corrected chi connectivity index (χ2v) is 9.01. The number of amides is 4. The molecule has 8 heteroatoms. The zero-order valence-electron chi connectivity index (χ0n) is 18.6. The summed E-state index contributed by atoms with van der Waals surface area (Å²) in [4.78, 5) is 39.7. The van der Waals surface area contributed by atoms with Crippen LogP contribution in [0.3, 0.4) is 0 Å². The van der Waals surface area contributed by atoms with Gasteiger partial charge >= 0.3 is 6.03 Å². The highest BCUT2D eigenvalue weighted by Crippen LogP contribution is 2.32. The number of urea groups is 1. The molecule has 1 aliphatic heterocycles. The van der Waals surface area contributed by atoms with E-state index in [9.17, 15) is 14.4 Å². The average Bonchev–Trinajstić information content (AvgIpc) is 3.37. The largest absolute Gasteiger partial charge is 0.325 e. The van der Waals surface area contributed by atoms with Crippen LogP contribution in [-0.4, -0.2) is 39.1 Å². The van der Waals surface area contributed by atoms with Crippen molar-refractivity contribution in [3.63, 3.8) is 0 Å². The summed E-state index contributed by atoms with van der Waals surface area (Å²) in [5.74, 6) is -0.284. The van der Waals surface area contributed by atoms with Gasteiger partial charge in [0.1, 0.15) is 17.9 Å². The van der Waals surface area contributed by atoms with Crippen molar-refractivity contribution < 1.29 is 14.4 Å². The minimum Gasteiger partial charge on any atom is -0.319 e. The molecule has 3 aromatic rings. The number of hydrogen-bond acceptors (Lipinski definition) is 4. The predicted molar refractivity (Wildman–Crippen MR) is 125 cm³/mol. The highest BCUT2D eigenvalue weighted by molar-refractivity contribution is 6.10. The van der Waals surface area contributed by atoms with Gasteiger partial charge in [0.05, 0.1) is 12.2 Å². The monoisotopic (exact) mass is 445 g/mol. The van der Waals surface area contributed by atoms with Crippen molar-refractivity contribution in [2.24, 2.45) is 0 Å². The number of aromatic nitrogens is 2. The highest BCUT2D eigenvalue weighted by atomic mass is 16.2. The van der Waals surface area contributed by atoms with Gasteiger partial charge < -0.3 is 10.6 Å². The van der Waals surface area contributed by atoms with E-state index in [-0.39, 0.29) is 12.6 Å². The fraction of sp³-hybridized carbons (Fsp3) is 0.360. The van der Waals surface area contributed by atoms with Crippen LogP contribution in [0.1, 0.15) is 50.6 Å². The van der Waals surface area contributed by atoms with Crippen molar-refractivity contribution in [2.45, 2.75) is 50.6 Å². The zero-order chi connectivity index (χ0) is 23.0. The second kappa shape index (κ2) is 8.35. The molecule has 1 atom stereocenters. The summed E-state index contributed by atoms with van der Waals surface area (Å²) in [6.45, 7) is 1.32. The Kier molecular flexibility index (Phi) is 5.36. The van der Waals surface area contributed by atoms with Crippen LogP contribution in [0.15, 0.2) is 54.7 Å². The third-order valence-corrected chi connectivity index (χ3v) is 6.76. The number of fused-ring (bicyclic) bond motifs is 1. The van der Waals surface area contributed by atoms with Crippen molar-refractivity contribution in [3.8, 4) is 0 Å². The molecule has 1 aliphatic carbocycles. The predicted octanol–water partition coefficient (Wildman–Crippen LogP) is 3.95. The maximum Gasteiger partial charge on any atom is 0.325 e. The Hall–Kier alpha value is -3.68. The lowest BCUT2D eigenvalue weighted by Gasteiger charge is -2.24. The Morgan fingerprint density at radius 1 is 1.09 bits per heavy atom. The lowest BCUT2D eigenvalue weighted by atomic mass is 9.90. The first-order valence-corrected chi connectivity index (χ1v) is 11.4. The molecule has 2 aliphatic rings. The minimum atomic E-state index is -1.23. The molecule has 8 nitrogen and oxygen atoms in total. The van der Waals surface area contributed by atoms with Gasteiger partial charge in [0.15, 0.2) is 0 Å². The van der Waals surface area contributed by atoms with Crippen LogP contribution in [0.2, 0.25) is 0 Å². The van der Waals surface area contributed by atoms with Crippen molar-refractivity contribution in [1.29, 1.82) is 0 Å². The van der Waals surface area contributed by atoms with Crippen LogP contribution in [-0.2, 0) is 15.1 Å². The molecule has 0 bridgehead atoms. The zero-order valence-corrected chi connectivity index (χ0v) is 18.6. The van der Waals surface area contributed by atoms with Gasteiger partial charge in [0, 0.05) is 6.07 Å². The molecule has 33 heavy (non-hydrogen) atoms. The van der Waals surface area contributed by atoms with Gasteiger partial charge in [-0.3, -0.25) is 14.5 Å². The molecular formula is C25H27N5O3. The Morgan fingerprint density at radius 3 is 2.64 bits per heavy atom. The molecule has 170 valence electrons. The van der Waals surface area contributed by atoms with Crippen LogP contribution in [0.5, 0.6) is 0 Å². The molecule has 0 spiro atoms. The molecule has 2 fully saturated rings. The van der Waals surface area contributed by atoms with Crippen molar-refractivity contribution in [2.75, 3.05) is 11.9 Å². The summed E-state index contributed by atoms with van der Waals surface area (Å²) >= 11 is 0. The first kappa shape index (κ1) is 21.2. The third kappa shape index (κ3) is 3.86. The van der Waals surface area contributed by atoms with E-state index in [4.69, 9.17) is 0 Å². The molecule has 1 saturated heterocycles. The standard InChI is InChI=1S/C25H27N5O3/c1-25(19-12-11-17-7-5-6-8-18(17)15-19)23(32)29(24(33)28-25)16-22(31)27-21-13-14-26-30(21)20-9-3-2-4-10-20/h5-8,11-15,20H,2-4,9-10,16H2,1H3,(H,27,31)(H,28,33). The van der Waals surface area contributed by atoms with E-state index in [1.165, 1.54) is 6.42 Å². The number of hydrogen-bond donors (Lipinski definition) is 2. The van der Waals surface area contributed by atoms with E-state index < -0.39 is 23.4 Å². The summed E-state index contributed by atoms with van der Waals surface area (Å²) in [6.07, 6.45) is 7.24. The molecule has 0 radical (unpaired) electrons. The topological polar surface area (TPSA) is 96.3 Å². The number of carbonyl (C=O) groups excluding carboxylic acids is 3. The normalized spacial score (nSPS) is 21.4. The van der Waals surface area contributed by atoms with Gasteiger partial charge in [0.2, 0.25) is 5.91 Å². The maximum absolute atomic E-state index is 13.3. The second-order valence-electron chi connectivity index (χ2n) is 9.01. The summed E-state index contributed by atoms with van der Waals surface area (Å²) in [5, 5.41) is 12.0. The summed E-state index contributed by atoms with van der Waals surface area (Å²) in [6, 6.07) is 14.9. The van der Waals surface area contributed by atoms with E-state index >= 15 is 0 Å². The minimum absolute atomic E-state index is 0.261. The van der Waals surface area contributed by atoms with Gasteiger partial charge in [-0.05, 0) is 42.2 Å². The summed E-state index contributed by atoms with van der Waals surface area (Å²) < 4.78 is 1.85. The fourth-order valence-corrected chi connectivity index (χ4v) is 4.89. The molecule has 5 rings (SSSR count). The number of anilines is 1. The van der Waals surface area contributed by atoms with E-state index in [1.54, 1.807) is 19.2 Å². The number of rotatable bonds is 5. The Bertz CT molecular complexity index is 1230. The maximum atomic E-state index is 13.3. The molecular weight excluding hydrogens is 418 g/mol. The van der Waals surface area contributed by atoms with Crippen molar-refractivity contribution in [3.05, 3.63) is 60.3 Å². The van der Waals surface area contributed by atoms with Crippen LogP contribution >= 0.6 is 0 Å². The lowest BCUT2D eigenvalue weighted by molar-refractivity contribution is -0.133. The smallest absolute Gasteiger partial charge is 0.319 e. The van der Waals surface area contributed by atoms with Gasteiger partial charge in [-0.25, -0.2) is 9.48 Å². The quantitative estimate of drug-likeness (QED) is 0.581. The SMILES string of the molecule is CC1(c2ccc3ccccc3c2)NC(=O)N(CC(=O)Nc2ccnn2C2CCCCC2)C1=O. The van der Waals surface area contributed by atoms with Crippen LogP contribution in [0, 0.1) is 0 Å². The molecule has 4 amide bonds. The Morgan fingerprint density at radius 2 is 1.85 bits per heavy atom. The van der Waals surface area contributed by atoms with E-state index in [0.717, 1.165) is 41.4 Å². The lowest BCUT2D eigenvalue weighted by Crippen LogP contribution is -2.42. The summed E-state index contributed by atoms with van der Waals surface area (Å²) in [7, 11) is 0. The van der Waals surface area contributed by atoms with E-state index in [2.05, 4.69) is 15.7 Å². The Balaban J connectivity index is 1.31. The van der Waals surface area contributed by atoms with Crippen molar-refractivity contribution in [1.82, 2.24) is 20.0 Å². The van der Waals surface area contributed by atoms with Crippen molar-refractivity contribution >= 4 is 34.4 Å². The molecule has 1 saturated carbocycles. The average molecular weight is 446 g/mol. The number of imide groups is 1. The Labute approximate surface area is 191 Å².